The number of ether oxygens (including phenoxy) is 1. The number of anilines is 2. The van der Waals surface area contributed by atoms with E-state index in [-0.39, 0.29) is 17.2 Å². The lowest BCUT2D eigenvalue weighted by molar-refractivity contribution is -0.117. The minimum Gasteiger partial charge on any atom is -0.503 e. The summed E-state index contributed by atoms with van der Waals surface area (Å²) in [5, 5.41) is 14.3. The molecule has 0 radical (unpaired) electrons. The van der Waals surface area contributed by atoms with Crippen LogP contribution in [0.5, 0.6) is 5.75 Å². The quantitative estimate of drug-likeness (QED) is 0.367. The number of carbonyl (C=O) groups is 3. The number of amides is 2. The molecule has 1 atom stereocenters. The van der Waals surface area contributed by atoms with Crippen molar-refractivity contribution in [2.45, 2.75) is 13.0 Å². The topological polar surface area (TPSA) is 109 Å². The Balaban J connectivity index is 1.60. The maximum absolute atomic E-state index is 13.7. The fourth-order valence-corrected chi connectivity index (χ4v) is 4.40. The summed E-state index contributed by atoms with van der Waals surface area (Å²) < 4.78 is 11.2. The van der Waals surface area contributed by atoms with Crippen molar-refractivity contribution in [2.75, 3.05) is 17.3 Å². The van der Waals surface area contributed by atoms with Crippen molar-refractivity contribution in [3.63, 3.8) is 0 Å². The minimum atomic E-state index is -0.895. The number of aliphatic hydroxyl groups is 1. The van der Waals surface area contributed by atoms with Crippen LogP contribution in [-0.2, 0) is 9.59 Å². The minimum absolute atomic E-state index is 0.0207. The smallest absolute Gasteiger partial charge is 0.294 e. The Morgan fingerprint density at radius 1 is 1.00 bits per heavy atom. The number of hydrogen-bond acceptors (Lipinski definition) is 6. The Morgan fingerprint density at radius 3 is 2.39 bits per heavy atom. The van der Waals surface area contributed by atoms with Gasteiger partial charge in [0.25, 0.3) is 5.91 Å². The number of nitrogens with zero attached hydrogens (tertiary/aromatic N) is 1. The molecular formula is C28H22N2O6. The molecule has 2 amide bonds. The lowest BCUT2D eigenvalue weighted by atomic mass is 9.95. The van der Waals surface area contributed by atoms with Gasteiger partial charge in [0.2, 0.25) is 11.7 Å². The number of para-hydroxylation sites is 1. The Labute approximate surface area is 206 Å². The number of hydrogen-bond donors (Lipinski definition) is 2. The molecule has 0 aliphatic carbocycles. The second-order valence-electron chi connectivity index (χ2n) is 8.30. The molecular weight excluding hydrogens is 460 g/mol. The number of methoxy groups -OCH3 is 1. The van der Waals surface area contributed by atoms with E-state index in [4.69, 9.17) is 9.15 Å². The first-order chi connectivity index (χ1) is 17.4. The largest absolute Gasteiger partial charge is 0.503 e. The highest BCUT2D eigenvalue weighted by molar-refractivity contribution is 6.20. The summed E-state index contributed by atoms with van der Waals surface area (Å²) in [7, 11) is 1.50. The lowest BCUT2D eigenvalue weighted by Gasteiger charge is -2.27. The first kappa shape index (κ1) is 22.9. The van der Waals surface area contributed by atoms with Crippen LogP contribution in [-0.4, -0.2) is 29.8 Å². The van der Waals surface area contributed by atoms with Crippen LogP contribution < -0.4 is 15.0 Å². The van der Waals surface area contributed by atoms with Gasteiger partial charge in [0.15, 0.2) is 22.9 Å². The number of rotatable bonds is 6. The molecule has 2 N–H and O–H groups in total. The average Bonchev–Trinajstić information content (AvgIpc) is 3.43. The first-order valence-electron chi connectivity index (χ1n) is 11.2. The Kier molecular flexibility index (Phi) is 5.77. The van der Waals surface area contributed by atoms with E-state index in [2.05, 4.69) is 5.32 Å². The molecule has 5 rings (SSSR count). The predicted octanol–water partition coefficient (Wildman–Crippen LogP) is 5.18. The van der Waals surface area contributed by atoms with Crippen LogP contribution in [0, 0.1) is 0 Å². The van der Waals surface area contributed by atoms with E-state index in [1.807, 2.05) is 6.07 Å². The number of furan rings is 1. The fraction of sp³-hybridized carbons (Fsp3) is 0.107. The fourth-order valence-electron chi connectivity index (χ4n) is 4.40. The molecule has 8 heteroatoms. The van der Waals surface area contributed by atoms with Crippen LogP contribution in [0.2, 0.25) is 0 Å². The van der Waals surface area contributed by atoms with E-state index in [0.717, 1.165) is 0 Å². The molecule has 0 saturated heterocycles. The van der Waals surface area contributed by atoms with Crippen LogP contribution in [0.15, 0.2) is 94.6 Å². The third-order valence-corrected chi connectivity index (χ3v) is 5.99. The van der Waals surface area contributed by atoms with Crippen molar-refractivity contribution >= 4 is 39.9 Å². The van der Waals surface area contributed by atoms with Gasteiger partial charge >= 0.3 is 0 Å². The van der Waals surface area contributed by atoms with E-state index in [0.29, 0.717) is 33.7 Å². The Hall–Kier alpha value is -4.85. The van der Waals surface area contributed by atoms with E-state index >= 15 is 0 Å². The molecule has 1 aliphatic heterocycles. The number of ketones is 1. The van der Waals surface area contributed by atoms with Gasteiger partial charge in [0.1, 0.15) is 0 Å². The molecule has 1 aromatic heterocycles. The number of carbonyl (C=O) groups excluding carboxylic acids is 3. The summed E-state index contributed by atoms with van der Waals surface area (Å²) in [5.41, 5.74) is 1.95. The lowest BCUT2D eigenvalue weighted by Crippen LogP contribution is -2.31. The van der Waals surface area contributed by atoms with Crippen LogP contribution in [0.4, 0.5) is 11.4 Å². The van der Waals surface area contributed by atoms with Crippen molar-refractivity contribution < 1.29 is 28.6 Å². The highest BCUT2D eigenvalue weighted by Gasteiger charge is 2.45. The zero-order chi connectivity index (χ0) is 25.4. The molecule has 0 spiro atoms. The summed E-state index contributed by atoms with van der Waals surface area (Å²) in [5.74, 6) is -1.75. The zero-order valence-corrected chi connectivity index (χ0v) is 19.5. The van der Waals surface area contributed by atoms with Crippen molar-refractivity contribution in [3.8, 4) is 5.75 Å². The highest BCUT2D eigenvalue weighted by atomic mass is 16.5. The summed E-state index contributed by atoms with van der Waals surface area (Å²) in [6.07, 6.45) is 0. The molecule has 0 saturated carbocycles. The van der Waals surface area contributed by atoms with Gasteiger partial charge in [0.05, 0.1) is 18.7 Å². The number of benzene rings is 3. The number of Topliss-reactive ketones (excluding diaryl/α,β-unsaturated/α-hetero) is 1. The molecule has 36 heavy (non-hydrogen) atoms. The first-order valence-corrected chi connectivity index (χ1v) is 11.2. The van der Waals surface area contributed by atoms with Gasteiger partial charge in [0, 0.05) is 23.7 Å². The molecule has 0 bridgehead atoms. The molecule has 1 aliphatic rings. The maximum atomic E-state index is 13.7. The predicted molar refractivity (Wildman–Crippen MR) is 134 cm³/mol. The van der Waals surface area contributed by atoms with Gasteiger partial charge in [-0.15, -0.1) is 0 Å². The van der Waals surface area contributed by atoms with Crippen LogP contribution in [0.25, 0.3) is 11.0 Å². The maximum Gasteiger partial charge on any atom is 0.294 e. The van der Waals surface area contributed by atoms with E-state index in [9.17, 15) is 19.5 Å². The van der Waals surface area contributed by atoms with E-state index in [1.165, 1.54) is 18.9 Å². The normalized spacial score (nSPS) is 15.4. The summed E-state index contributed by atoms with van der Waals surface area (Å²) >= 11 is 0. The van der Waals surface area contributed by atoms with Crippen molar-refractivity contribution in [2.24, 2.45) is 0 Å². The monoisotopic (exact) mass is 482 g/mol. The van der Waals surface area contributed by atoms with Crippen molar-refractivity contribution in [1.82, 2.24) is 0 Å². The molecule has 180 valence electrons. The molecule has 0 fully saturated rings. The molecule has 2 heterocycles. The van der Waals surface area contributed by atoms with Crippen LogP contribution >= 0.6 is 0 Å². The van der Waals surface area contributed by atoms with Gasteiger partial charge in [-0.05, 0) is 42.0 Å². The number of nitrogens with one attached hydrogen (secondary N) is 1. The van der Waals surface area contributed by atoms with Gasteiger partial charge in [-0.1, -0.05) is 42.5 Å². The zero-order valence-electron chi connectivity index (χ0n) is 19.5. The molecule has 8 nitrogen and oxygen atoms in total. The Bertz CT molecular complexity index is 1520. The highest BCUT2D eigenvalue weighted by Crippen LogP contribution is 2.42. The van der Waals surface area contributed by atoms with Crippen LogP contribution in [0.1, 0.15) is 29.1 Å². The standard InChI is InChI=1S/C28H22N2O6/c1-16(31)29-19-11-13-20(14-12-19)30-24(17-7-4-3-5-8-17)23(26(33)28(30)34)25(32)22-15-18-9-6-10-21(35-2)27(18)36-22/h3-15,24,33H,1-2H3,(H,29,31). The molecule has 4 aromatic rings. The van der Waals surface area contributed by atoms with Crippen molar-refractivity contribution in [3.05, 3.63) is 102 Å². The summed E-state index contributed by atoms with van der Waals surface area (Å²) in [6, 6.07) is 21.5. The second-order valence-corrected chi connectivity index (χ2v) is 8.30. The average molecular weight is 482 g/mol. The molecule has 3 aromatic carbocycles. The summed E-state index contributed by atoms with van der Waals surface area (Å²) in [6.45, 7) is 1.40. The number of aliphatic hydroxyl groups excluding tert-OH is 1. The van der Waals surface area contributed by atoms with E-state index in [1.54, 1.807) is 72.8 Å². The third-order valence-electron chi connectivity index (χ3n) is 5.99. The van der Waals surface area contributed by atoms with Gasteiger partial charge < -0.3 is 19.6 Å². The second kappa shape index (κ2) is 9.07. The van der Waals surface area contributed by atoms with Gasteiger partial charge in [-0.3, -0.25) is 19.3 Å². The van der Waals surface area contributed by atoms with Crippen molar-refractivity contribution in [1.29, 1.82) is 0 Å². The molecule has 1 unspecified atom stereocenters. The van der Waals surface area contributed by atoms with Gasteiger partial charge in [-0.25, -0.2) is 0 Å². The number of fused-ring (bicyclic) bond motifs is 1. The summed E-state index contributed by atoms with van der Waals surface area (Å²) in [4.78, 5) is 39.8. The van der Waals surface area contributed by atoms with Crippen LogP contribution in [0.3, 0.4) is 0 Å². The Morgan fingerprint density at radius 2 is 1.72 bits per heavy atom. The van der Waals surface area contributed by atoms with E-state index < -0.39 is 23.5 Å². The SMILES string of the molecule is COc1cccc2cc(C(=O)C3=C(O)C(=O)N(c4ccc(NC(C)=O)cc4)C3c3ccccc3)oc12. The van der Waals surface area contributed by atoms with Gasteiger partial charge in [-0.2, -0.15) is 0 Å². The third kappa shape index (κ3) is 3.88.